The van der Waals surface area contributed by atoms with Crippen molar-refractivity contribution in [3.8, 4) is 5.75 Å². The van der Waals surface area contributed by atoms with Gasteiger partial charge in [0.15, 0.2) is 11.9 Å². The van der Waals surface area contributed by atoms with Crippen LogP contribution in [-0.4, -0.2) is 37.4 Å². The molecule has 0 bridgehead atoms. The maximum Gasteiger partial charge on any atom is 0.307 e. The van der Waals surface area contributed by atoms with Crippen molar-refractivity contribution in [1.29, 1.82) is 0 Å². The molecule has 27 heavy (non-hydrogen) atoms. The van der Waals surface area contributed by atoms with E-state index in [1.807, 2.05) is 29.6 Å². The van der Waals surface area contributed by atoms with Crippen LogP contribution in [0.1, 0.15) is 35.0 Å². The third-order valence-corrected chi connectivity index (χ3v) is 4.81. The van der Waals surface area contributed by atoms with Gasteiger partial charge in [-0.05, 0) is 42.5 Å². The Bertz CT molecular complexity index is 755. The van der Waals surface area contributed by atoms with E-state index in [-0.39, 0.29) is 24.5 Å². The van der Waals surface area contributed by atoms with Gasteiger partial charge in [-0.1, -0.05) is 18.2 Å². The first-order chi connectivity index (χ1) is 13.0. The molecule has 2 aromatic rings. The Balaban J connectivity index is 1.66. The third-order valence-electron chi connectivity index (χ3n) is 3.90. The van der Waals surface area contributed by atoms with E-state index in [1.54, 1.807) is 19.2 Å². The Morgan fingerprint density at radius 3 is 2.48 bits per heavy atom. The minimum absolute atomic E-state index is 0.0415. The fourth-order valence-corrected chi connectivity index (χ4v) is 3.05. The van der Waals surface area contributed by atoms with E-state index >= 15 is 0 Å². The second kappa shape index (κ2) is 10.5. The van der Waals surface area contributed by atoms with Gasteiger partial charge < -0.3 is 14.8 Å². The summed E-state index contributed by atoms with van der Waals surface area (Å²) in [5, 5.41) is 4.55. The molecule has 1 aromatic heterocycles. The summed E-state index contributed by atoms with van der Waals surface area (Å²) in [6.07, 6.45) is -0.206. The fraction of sp³-hybridized carbons (Fsp3) is 0.350. The number of thiophene rings is 1. The Labute approximate surface area is 162 Å². The molecule has 1 aromatic carbocycles. The second-order valence-electron chi connectivity index (χ2n) is 5.92. The van der Waals surface area contributed by atoms with Gasteiger partial charge in [0.25, 0.3) is 5.91 Å². The highest BCUT2D eigenvalue weighted by molar-refractivity contribution is 7.12. The number of methoxy groups -OCH3 is 1. The smallest absolute Gasteiger partial charge is 0.307 e. The minimum atomic E-state index is -0.898. The van der Waals surface area contributed by atoms with Gasteiger partial charge in [0.2, 0.25) is 0 Å². The molecule has 0 saturated carbocycles. The van der Waals surface area contributed by atoms with Crippen molar-refractivity contribution in [2.24, 2.45) is 0 Å². The third kappa shape index (κ3) is 6.86. The van der Waals surface area contributed by atoms with Gasteiger partial charge in [0.05, 0.1) is 18.4 Å². The zero-order valence-electron chi connectivity index (χ0n) is 15.4. The zero-order valence-corrected chi connectivity index (χ0v) is 16.2. The molecule has 1 heterocycles. The van der Waals surface area contributed by atoms with Crippen molar-refractivity contribution in [1.82, 2.24) is 5.32 Å². The van der Waals surface area contributed by atoms with Crippen LogP contribution in [0.25, 0.3) is 0 Å². The van der Waals surface area contributed by atoms with Gasteiger partial charge in [0.1, 0.15) is 5.75 Å². The van der Waals surface area contributed by atoms with Crippen molar-refractivity contribution < 1.29 is 23.9 Å². The van der Waals surface area contributed by atoms with Gasteiger partial charge >= 0.3 is 5.97 Å². The molecule has 0 saturated heterocycles. The van der Waals surface area contributed by atoms with Gasteiger partial charge in [-0.3, -0.25) is 14.4 Å². The summed E-state index contributed by atoms with van der Waals surface area (Å²) in [5.74, 6) is -0.237. The van der Waals surface area contributed by atoms with E-state index in [1.165, 1.54) is 18.3 Å². The van der Waals surface area contributed by atoms with Crippen LogP contribution in [0.5, 0.6) is 5.75 Å². The zero-order chi connectivity index (χ0) is 19.6. The van der Waals surface area contributed by atoms with E-state index in [2.05, 4.69) is 5.32 Å². The molecular weight excluding hydrogens is 366 g/mol. The lowest BCUT2D eigenvalue weighted by Gasteiger charge is -2.13. The predicted octanol–water partition coefficient (Wildman–Crippen LogP) is 3.01. The average molecular weight is 389 g/mol. The molecule has 0 aliphatic carbocycles. The largest absolute Gasteiger partial charge is 0.497 e. The Morgan fingerprint density at radius 2 is 1.85 bits per heavy atom. The van der Waals surface area contributed by atoms with E-state index in [0.717, 1.165) is 11.3 Å². The lowest BCUT2D eigenvalue weighted by atomic mass is 10.1. The standard InChI is InChI=1S/C20H23NO5S/c1-14(26-19(23)10-9-17(22)18-4-3-13-27-18)20(24)21-12-11-15-5-7-16(25-2)8-6-15/h3-8,13-14H,9-12H2,1-2H3,(H,21,24). The summed E-state index contributed by atoms with van der Waals surface area (Å²) in [5.41, 5.74) is 1.06. The predicted molar refractivity (Wildman–Crippen MR) is 103 cm³/mol. The summed E-state index contributed by atoms with van der Waals surface area (Å²) in [6, 6.07) is 11.1. The topological polar surface area (TPSA) is 81.7 Å². The van der Waals surface area contributed by atoms with Crippen LogP contribution in [-0.2, 0) is 20.7 Å². The van der Waals surface area contributed by atoms with E-state index < -0.39 is 12.1 Å². The number of ether oxygens (including phenoxy) is 2. The monoisotopic (exact) mass is 389 g/mol. The van der Waals surface area contributed by atoms with Crippen LogP contribution in [0.2, 0.25) is 0 Å². The first-order valence-corrected chi connectivity index (χ1v) is 9.54. The molecule has 2 rings (SSSR count). The summed E-state index contributed by atoms with van der Waals surface area (Å²) in [6.45, 7) is 1.95. The average Bonchev–Trinajstić information content (AvgIpc) is 3.21. The van der Waals surface area contributed by atoms with Crippen LogP contribution in [0.15, 0.2) is 41.8 Å². The molecular formula is C20H23NO5S. The summed E-state index contributed by atoms with van der Waals surface area (Å²) in [4.78, 5) is 36.3. The molecule has 1 N–H and O–H groups in total. The number of Topliss-reactive ketones (excluding diaryl/α,β-unsaturated/α-hetero) is 1. The molecule has 1 unspecified atom stereocenters. The molecule has 0 fully saturated rings. The van der Waals surface area contributed by atoms with Crippen molar-refractivity contribution in [3.63, 3.8) is 0 Å². The maximum absolute atomic E-state index is 12.0. The number of hydrogen-bond donors (Lipinski definition) is 1. The molecule has 7 heteroatoms. The Hall–Kier alpha value is -2.67. The summed E-state index contributed by atoms with van der Waals surface area (Å²) >= 11 is 1.34. The van der Waals surface area contributed by atoms with E-state index in [4.69, 9.17) is 9.47 Å². The number of benzene rings is 1. The number of esters is 1. The highest BCUT2D eigenvalue weighted by atomic mass is 32.1. The van der Waals surface area contributed by atoms with Crippen LogP contribution in [0, 0.1) is 0 Å². The maximum atomic E-state index is 12.0. The first-order valence-electron chi connectivity index (χ1n) is 8.66. The summed E-state index contributed by atoms with van der Waals surface area (Å²) in [7, 11) is 1.61. The molecule has 6 nitrogen and oxygen atoms in total. The van der Waals surface area contributed by atoms with Crippen LogP contribution in [0.3, 0.4) is 0 Å². The van der Waals surface area contributed by atoms with Gasteiger partial charge in [0, 0.05) is 13.0 Å². The molecule has 0 aliphatic rings. The Kier molecular flexibility index (Phi) is 8.00. The number of carbonyl (C=O) groups is 3. The minimum Gasteiger partial charge on any atom is -0.497 e. The van der Waals surface area contributed by atoms with Gasteiger partial charge in [-0.15, -0.1) is 11.3 Å². The molecule has 0 aliphatic heterocycles. The highest BCUT2D eigenvalue weighted by Gasteiger charge is 2.18. The van der Waals surface area contributed by atoms with Gasteiger partial charge in [-0.25, -0.2) is 0 Å². The number of nitrogens with one attached hydrogen (secondary N) is 1. The number of carbonyl (C=O) groups excluding carboxylic acids is 3. The van der Waals surface area contributed by atoms with Crippen LogP contribution in [0.4, 0.5) is 0 Å². The fourth-order valence-electron chi connectivity index (χ4n) is 2.35. The molecule has 1 amide bonds. The van der Waals surface area contributed by atoms with Gasteiger partial charge in [-0.2, -0.15) is 0 Å². The van der Waals surface area contributed by atoms with Crippen molar-refractivity contribution in [3.05, 3.63) is 52.2 Å². The van der Waals surface area contributed by atoms with E-state index in [0.29, 0.717) is 17.8 Å². The SMILES string of the molecule is COc1ccc(CCNC(=O)C(C)OC(=O)CCC(=O)c2cccs2)cc1. The van der Waals surface area contributed by atoms with Crippen LogP contribution < -0.4 is 10.1 Å². The number of hydrogen-bond acceptors (Lipinski definition) is 6. The lowest BCUT2D eigenvalue weighted by molar-refractivity contribution is -0.154. The molecule has 0 spiro atoms. The molecule has 1 atom stereocenters. The Morgan fingerprint density at radius 1 is 1.11 bits per heavy atom. The normalized spacial score (nSPS) is 11.5. The number of amides is 1. The quantitative estimate of drug-likeness (QED) is 0.499. The molecule has 0 radical (unpaired) electrons. The van der Waals surface area contributed by atoms with Crippen molar-refractivity contribution >= 4 is 29.0 Å². The van der Waals surface area contributed by atoms with Crippen molar-refractivity contribution in [2.45, 2.75) is 32.3 Å². The molecule has 144 valence electrons. The highest BCUT2D eigenvalue weighted by Crippen LogP contribution is 2.13. The first kappa shape index (κ1) is 20.6. The lowest BCUT2D eigenvalue weighted by Crippen LogP contribution is -2.36. The van der Waals surface area contributed by atoms with E-state index in [9.17, 15) is 14.4 Å². The number of rotatable bonds is 10. The summed E-state index contributed by atoms with van der Waals surface area (Å²) < 4.78 is 10.2. The van der Waals surface area contributed by atoms with Crippen molar-refractivity contribution in [2.75, 3.05) is 13.7 Å². The number of ketones is 1. The second-order valence-corrected chi connectivity index (χ2v) is 6.87. The van der Waals surface area contributed by atoms with Crippen LogP contribution >= 0.6 is 11.3 Å².